The first-order valence-corrected chi connectivity index (χ1v) is 7.47. The van der Waals surface area contributed by atoms with Gasteiger partial charge in [-0.15, -0.1) is 0 Å². The molecule has 132 valence electrons. The maximum atomic E-state index is 12.1. The summed E-state index contributed by atoms with van der Waals surface area (Å²) in [5.41, 5.74) is 1.94. The lowest BCUT2D eigenvalue weighted by atomic mass is 10.2. The zero-order valence-electron chi connectivity index (χ0n) is 14.5. The van der Waals surface area contributed by atoms with E-state index >= 15 is 0 Å². The monoisotopic (exact) mass is 344 g/mol. The number of nitrogens with one attached hydrogen (secondary N) is 2. The molecule has 0 heterocycles. The number of amides is 2. The van der Waals surface area contributed by atoms with Crippen molar-refractivity contribution < 1.29 is 23.8 Å². The van der Waals surface area contributed by atoms with Crippen molar-refractivity contribution in [3.63, 3.8) is 0 Å². The van der Waals surface area contributed by atoms with Gasteiger partial charge in [0.05, 0.1) is 21.3 Å². The molecule has 0 aliphatic rings. The van der Waals surface area contributed by atoms with E-state index in [4.69, 9.17) is 14.2 Å². The molecule has 0 fully saturated rings. The smallest absolute Gasteiger partial charge is 0.314 e. The third-order valence-corrected chi connectivity index (χ3v) is 3.44. The van der Waals surface area contributed by atoms with Crippen LogP contribution >= 0.6 is 0 Å². The lowest BCUT2D eigenvalue weighted by Gasteiger charge is -2.14. The maximum absolute atomic E-state index is 12.1. The highest BCUT2D eigenvalue weighted by molar-refractivity contribution is 6.43. The second-order valence-electron chi connectivity index (χ2n) is 5.19. The Hall–Kier alpha value is -3.22. The van der Waals surface area contributed by atoms with Crippen molar-refractivity contribution in [3.8, 4) is 17.2 Å². The molecule has 2 amide bonds. The molecule has 25 heavy (non-hydrogen) atoms. The van der Waals surface area contributed by atoms with Gasteiger partial charge in [0.1, 0.15) is 0 Å². The minimum Gasteiger partial charge on any atom is -0.493 e. The highest BCUT2D eigenvalue weighted by Gasteiger charge is 2.18. The quantitative estimate of drug-likeness (QED) is 0.814. The fraction of sp³-hybridized carbons (Fsp3) is 0.222. The van der Waals surface area contributed by atoms with Crippen LogP contribution in [0, 0.1) is 6.92 Å². The Morgan fingerprint density at radius 2 is 1.24 bits per heavy atom. The molecular formula is C18H20N2O5. The van der Waals surface area contributed by atoms with Crippen molar-refractivity contribution in [1.82, 2.24) is 0 Å². The highest BCUT2D eigenvalue weighted by atomic mass is 16.5. The van der Waals surface area contributed by atoms with Crippen molar-refractivity contribution >= 4 is 23.2 Å². The van der Waals surface area contributed by atoms with Crippen LogP contribution < -0.4 is 24.8 Å². The van der Waals surface area contributed by atoms with Gasteiger partial charge in [-0.05, 0) is 19.1 Å². The molecule has 7 nitrogen and oxygen atoms in total. The number of anilines is 2. The van der Waals surface area contributed by atoms with Crippen LogP contribution in [0.5, 0.6) is 17.2 Å². The number of hydrogen-bond donors (Lipinski definition) is 2. The average Bonchev–Trinajstić information content (AvgIpc) is 2.62. The molecule has 2 rings (SSSR count). The number of carbonyl (C=O) groups excluding carboxylic acids is 2. The maximum Gasteiger partial charge on any atom is 0.314 e. The van der Waals surface area contributed by atoms with E-state index in [9.17, 15) is 9.59 Å². The van der Waals surface area contributed by atoms with E-state index in [1.807, 2.05) is 19.1 Å². The molecule has 0 aromatic heterocycles. The largest absolute Gasteiger partial charge is 0.493 e. The van der Waals surface area contributed by atoms with Gasteiger partial charge in [-0.1, -0.05) is 17.7 Å². The Morgan fingerprint density at radius 3 is 1.68 bits per heavy atom. The van der Waals surface area contributed by atoms with Gasteiger partial charge in [-0.3, -0.25) is 9.59 Å². The molecule has 2 aromatic rings. The highest BCUT2D eigenvalue weighted by Crippen LogP contribution is 2.39. The van der Waals surface area contributed by atoms with E-state index in [1.165, 1.54) is 21.3 Å². The molecule has 7 heteroatoms. The molecule has 0 atom stereocenters. The molecule has 2 aromatic carbocycles. The normalized spacial score (nSPS) is 9.92. The first-order chi connectivity index (χ1) is 12.0. The Morgan fingerprint density at radius 1 is 0.760 bits per heavy atom. The lowest BCUT2D eigenvalue weighted by Crippen LogP contribution is -2.29. The fourth-order valence-electron chi connectivity index (χ4n) is 2.17. The van der Waals surface area contributed by atoms with E-state index in [0.717, 1.165) is 5.56 Å². The number of ether oxygens (including phenoxy) is 3. The fourth-order valence-corrected chi connectivity index (χ4v) is 2.17. The van der Waals surface area contributed by atoms with Gasteiger partial charge in [0.2, 0.25) is 5.75 Å². The first-order valence-electron chi connectivity index (χ1n) is 7.47. The summed E-state index contributed by atoms with van der Waals surface area (Å²) in [6.45, 7) is 1.93. The van der Waals surface area contributed by atoms with Crippen molar-refractivity contribution in [2.75, 3.05) is 32.0 Å². The van der Waals surface area contributed by atoms with Crippen LogP contribution in [0.15, 0.2) is 36.4 Å². The molecule has 2 N–H and O–H groups in total. The summed E-state index contributed by atoms with van der Waals surface area (Å²) in [6.07, 6.45) is 0. The summed E-state index contributed by atoms with van der Waals surface area (Å²) in [7, 11) is 4.41. The minimum absolute atomic E-state index is 0.346. The van der Waals surface area contributed by atoms with Gasteiger partial charge in [0, 0.05) is 23.5 Å². The Labute approximate surface area is 145 Å². The number of rotatable bonds is 5. The van der Waals surface area contributed by atoms with Crippen molar-refractivity contribution in [2.24, 2.45) is 0 Å². The lowest BCUT2D eigenvalue weighted by molar-refractivity contribution is -0.133. The molecule has 0 aliphatic heterocycles. The molecule has 0 bridgehead atoms. The summed E-state index contributed by atoms with van der Waals surface area (Å²) in [5.74, 6) is -0.452. The number of aryl methyl sites for hydroxylation is 1. The van der Waals surface area contributed by atoms with E-state index < -0.39 is 11.8 Å². The summed E-state index contributed by atoms with van der Waals surface area (Å²) < 4.78 is 15.6. The van der Waals surface area contributed by atoms with Crippen LogP contribution in [0.1, 0.15) is 5.56 Å². The van der Waals surface area contributed by atoms with E-state index in [2.05, 4.69) is 10.6 Å². The Kier molecular flexibility index (Phi) is 5.84. The second-order valence-corrected chi connectivity index (χ2v) is 5.19. The second kappa shape index (κ2) is 8.05. The summed E-state index contributed by atoms with van der Waals surface area (Å²) in [5, 5.41) is 5.04. The molecule has 0 saturated heterocycles. The van der Waals surface area contributed by atoms with Crippen LogP contribution in [0.25, 0.3) is 0 Å². The van der Waals surface area contributed by atoms with Gasteiger partial charge in [-0.25, -0.2) is 0 Å². The predicted octanol–water partition coefficient (Wildman–Crippen LogP) is 2.60. The standard InChI is InChI=1S/C18H20N2O5/c1-11-5-7-12(8-6-11)19-17(21)18(22)20-13-9-14(23-2)16(25-4)15(10-13)24-3/h5-10H,1-4H3,(H,19,21)(H,20,22). The molecule has 0 unspecified atom stereocenters. The van der Waals surface area contributed by atoms with Crippen LogP contribution in [0.4, 0.5) is 11.4 Å². The molecule has 0 radical (unpaired) electrons. The van der Waals surface area contributed by atoms with Crippen LogP contribution in [-0.2, 0) is 9.59 Å². The molecule has 0 aliphatic carbocycles. The SMILES string of the molecule is COc1cc(NC(=O)C(=O)Nc2ccc(C)cc2)cc(OC)c1OC. The number of methoxy groups -OCH3 is 3. The van der Waals surface area contributed by atoms with Crippen LogP contribution in [0.3, 0.4) is 0 Å². The van der Waals surface area contributed by atoms with Gasteiger partial charge in [-0.2, -0.15) is 0 Å². The molecular weight excluding hydrogens is 324 g/mol. The molecule has 0 saturated carbocycles. The minimum atomic E-state index is -0.810. The Bertz CT molecular complexity index is 747. The van der Waals surface area contributed by atoms with Gasteiger partial charge < -0.3 is 24.8 Å². The zero-order chi connectivity index (χ0) is 18.4. The third kappa shape index (κ3) is 4.41. The first kappa shape index (κ1) is 18.1. The summed E-state index contributed by atoms with van der Waals surface area (Å²) in [4.78, 5) is 24.1. The van der Waals surface area contributed by atoms with Gasteiger partial charge in [0.15, 0.2) is 11.5 Å². The summed E-state index contributed by atoms with van der Waals surface area (Å²) >= 11 is 0. The van der Waals surface area contributed by atoms with Crippen molar-refractivity contribution in [2.45, 2.75) is 6.92 Å². The Balaban J connectivity index is 2.13. The van der Waals surface area contributed by atoms with Crippen LogP contribution in [0.2, 0.25) is 0 Å². The summed E-state index contributed by atoms with van der Waals surface area (Å²) in [6, 6.07) is 10.2. The number of carbonyl (C=O) groups is 2. The number of benzene rings is 2. The zero-order valence-corrected chi connectivity index (χ0v) is 14.5. The third-order valence-electron chi connectivity index (χ3n) is 3.44. The predicted molar refractivity (Wildman–Crippen MR) is 94.5 cm³/mol. The number of hydrogen-bond acceptors (Lipinski definition) is 5. The van der Waals surface area contributed by atoms with Gasteiger partial charge >= 0.3 is 11.8 Å². The van der Waals surface area contributed by atoms with E-state index in [0.29, 0.717) is 28.6 Å². The van der Waals surface area contributed by atoms with Crippen molar-refractivity contribution in [3.05, 3.63) is 42.0 Å². The van der Waals surface area contributed by atoms with Gasteiger partial charge in [0.25, 0.3) is 0 Å². The average molecular weight is 344 g/mol. The topological polar surface area (TPSA) is 85.9 Å². The van der Waals surface area contributed by atoms with Crippen molar-refractivity contribution in [1.29, 1.82) is 0 Å². The molecule has 0 spiro atoms. The van der Waals surface area contributed by atoms with E-state index in [-0.39, 0.29) is 0 Å². The van der Waals surface area contributed by atoms with E-state index in [1.54, 1.807) is 24.3 Å². The van der Waals surface area contributed by atoms with Crippen LogP contribution in [-0.4, -0.2) is 33.1 Å².